The van der Waals surface area contributed by atoms with E-state index in [1.165, 1.54) is 10.4 Å². The van der Waals surface area contributed by atoms with E-state index in [0.29, 0.717) is 0 Å². The van der Waals surface area contributed by atoms with E-state index in [1.54, 1.807) is 11.5 Å². The normalized spacial score (nSPS) is 11.0. The first-order valence-corrected chi connectivity index (χ1v) is 4.19. The second-order valence-electron chi connectivity index (χ2n) is 2.15. The smallest absolute Gasteiger partial charge is 0.0482 e. The minimum Gasteiger partial charge on any atom is -0.200 e. The van der Waals surface area contributed by atoms with Crippen molar-refractivity contribution < 1.29 is 0 Å². The van der Waals surface area contributed by atoms with Crippen LogP contribution in [0, 0.1) is 6.92 Å². The van der Waals surface area contributed by atoms with Gasteiger partial charge >= 0.3 is 0 Å². The van der Waals surface area contributed by atoms with E-state index in [9.17, 15) is 0 Å². The average Bonchev–Trinajstić information content (AvgIpc) is 2.31. The zero-order chi connectivity index (χ0) is 7.40. The number of aromatic nitrogens is 1. The third-order valence-electron chi connectivity index (χ3n) is 1.32. The zero-order valence-corrected chi connectivity index (χ0v) is 7.11. The minimum atomic E-state index is 1.09. The molecular weight excluding hydrogens is 142 g/mol. The predicted molar refractivity (Wildman–Crippen MR) is 46.2 cm³/mol. The van der Waals surface area contributed by atoms with Gasteiger partial charge in [0.05, 0.1) is 0 Å². The summed E-state index contributed by atoms with van der Waals surface area (Å²) in [4.78, 5) is 1.30. The molecule has 0 fully saturated rings. The largest absolute Gasteiger partial charge is 0.200 e. The summed E-state index contributed by atoms with van der Waals surface area (Å²) in [5.74, 6) is 0. The molecule has 0 unspecified atom stereocenters. The Labute approximate surface area is 65.6 Å². The Kier molecular flexibility index (Phi) is 2.63. The second kappa shape index (κ2) is 3.52. The summed E-state index contributed by atoms with van der Waals surface area (Å²) in [6.45, 7) is 4.22. The van der Waals surface area contributed by atoms with Crippen LogP contribution < -0.4 is 0 Å². The summed E-state index contributed by atoms with van der Waals surface area (Å²) in [7, 11) is 0. The summed E-state index contributed by atoms with van der Waals surface area (Å²) in [6.07, 6.45) is 7.27. The third-order valence-corrected chi connectivity index (χ3v) is 2.04. The Morgan fingerprint density at radius 2 is 2.50 bits per heavy atom. The van der Waals surface area contributed by atoms with E-state index in [0.717, 1.165) is 6.42 Å². The maximum Gasteiger partial charge on any atom is 0.0482 e. The molecule has 10 heavy (non-hydrogen) atoms. The first-order valence-electron chi connectivity index (χ1n) is 3.42. The fourth-order valence-electron chi connectivity index (χ4n) is 0.711. The lowest BCUT2D eigenvalue weighted by Gasteiger charge is -1.84. The number of rotatable bonds is 2. The molecule has 0 saturated heterocycles. The molecule has 0 spiro atoms. The highest BCUT2D eigenvalue weighted by molar-refractivity contribution is 7.05. The van der Waals surface area contributed by atoms with Crippen LogP contribution >= 0.6 is 11.5 Å². The van der Waals surface area contributed by atoms with Crippen molar-refractivity contribution in [2.45, 2.75) is 20.3 Å². The molecule has 0 atom stereocenters. The highest BCUT2D eigenvalue weighted by Crippen LogP contribution is 2.12. The maximum atomic E-state index is 4.07. The van der Waals surface area contributed by atoms with Crippen LogP contribution in [0.5, 0.6) is 0 Å². The number of nitrogens with zero attached hydrogens (tertiary/aromatic N) is 1. The molecule has 0 saturated carbocycles. The zero-order valence-electron chi connectivity index (χ0n) is 6.29. The van der Waals surface area contributed by atoms with Gasteiger partial charge in [-0.2, -0.15) is 0 Å². The number of hydrogen-bond acceptors (Lipinski definition) is 2. The number of aryl methyl sites for hydroxylation is 1. The SMILES string of the molecule is CC/C=C\c1cnsc1C. The van der Waals surface area contributed by atoms with Crippen LogP contribution in [0.15, 0.2) is 12.3 Å². The summed E-state index contributed by atoms with van der Waals surface area (Å²) in [5, 5.41) is 0. The van der Waals surface area contributed by atoms with E-state index in [4.69, 9.17) is 0 Å². The van der Waals surface area contributed by atoms with Gasteiger partial charge in [0.2, 0.25) is 0 Å². The highest BCUT2D eigenvalue weighted by atomic mass is 32.1. The van der Waals surface area contributed by atoms with Crippen LogP contribution in [0.25, 0.3) is 6.08 Å². The summed E-state index contributed by atoms with van der Waals surface area (Å²) < 4.78 is 4.07. The van der Waals surface area contributed by atoms with Crippen molar-refractivity contribution >= 4 is 17.6 Å². The molecule has 2 heteroatoms. The van der Waals surface area contributed by atoms with Crippen molar-refractivity contribution in [3.63, 3.8) is 0 Å². The van der Waals surface area contributed by atoms with Gasteiger partial charge in [-0.3, -0.25) is 0 Å². The van der Waals surface area contributed by atoms with Gasteiger partial charge in [0.1, 0.15) is 0 Å². The molecule has 0 aliphatic carbocycles. The summed E-state index contributed by atoms with van der Waals surface area (Å²) in [5.41, 5.74) is 1.26. The topological polar surface area (TPSA) is 12.9 Å². The van der Waals surface area contributed by atoms with Gasteiger partial charge in [-0.1, -0.05) is 19.1 Å². The van der Waals surface area contributed by atoms with Crippen molar-refractivity contribution in [2.24, 2.45) is 0 Å². The Bertz CT molecular complexity index is 225. The van der Waals surface area contributed by atoms with Gasteiger partial charge in [0, 0.05) is 16.6 Å². The summed E-state index contributed by atoms with van der Waals surface area (Å²) in [6, 6.07) is 0. The molecule has 1 aromatic heterocycles. The van der Waals surface area contributed by atoms with Crippen molar-refractivity contribution in [1.29, 1.82) is 0 Å². The third kappa shape index (κ3) is 1.67. The van der Waals surface area contributed by atoms with Crippen LogP contribution in [-0.4, -0.2) is 4.37 Å². The lowest BCUT2D eigenvalue weighted by atomic mass is 10.2. The molecular formula is C8H11NS. The van der Waals surface area contributed by atoms with Crippen molar-refractivity contribution in [1.82, 2.24) is 4.37 Å². The average molecular weight is 153 g/mol. The number of allylic oxidation sites excluding steroid dienone is 1. The molecule has 0 amide bonds. The van der Waals surface area contributed by atoms with Crippen LogP contribution in [0.2, 0.25) is 0 Å². The lowest BCUT2D eigenvalue weighted by Crippen LogP contribution is -1.66. The van der Waals surface area contributed by atoms with E-state index >= 15 is 0 Å². The Morgan fingerprint density at radius 3 is 3.00 bits per heavy atom. The Hall–Kier alpha value is -0.630. The molecule has 54 valence electrons. The van der Waals surface area contributed by atoms with E-state index in [2.05, 4.69) is 30.4 Å². The van der Waals surface area contributed by atoms with E-state index in [1.807, 2.05) is 6.20 Å². The second-order valence-corrected chi connectivity index (χ2v) is 3.15. The van der Waals surface area contributed by atoms with Gasteiger partial charge in [-0.05, 0) is 24.9 Å². The summed E-state index contributed by atoms with van der Waals surface area (Å²) >= 11 is 1.55. The van der Waals surface area contributed by atoms with Crippen molar-refractivity contribution in [3.05, 3.63) is 22.7 Å². The first kappa shape index (κ1) is 7.48. The minimum absolute atomic E-state index is 1.09. The Morgan fingerprint density at radius 1 is 1.70 bits per heavy atom. The quantitative estimate of drug-likeness (QED) is 0.636. The van der Waals surface area contributed by atoms with Gasteiger partial charge < -0.3 is 0 Å². The fourth-order valence-corrected chi connectivity index (χ4v) is 1.26. The molecule has 1 heterocycles. The van der Waals surface area contributed by atoms with Crippen molar-refractivity contribution in [2.75, 3.05) is 0 Å². The van der Waals surface area contributed by atoms with Crippen LogP contribution in [0.4, 0.5) is 0 Å². The molecule has 0 aliphatic heterocycles. The molecule has 0 bridgehead atoms. The van der Waals surface area contributed by atoms with Gasteiger partial charge in [-0.15, -0.1) is 0 Å². The lowest BCUT2D eigenvalue weighted by molar-refractivity contribution is 1.23. The fraction of sp³-hybridized carbons (Fsp3) is 0.375. The van der Waals surface area contributed by atoms with Gasteiger partial charge in [-0.25, -0.2) is 4.37 Å². The maximum absolute atomic E-state index is 4.07. The van der Waals surface area contributed by atoms with Gasteiger partial charge in [0.15, 0.2) is 0 Å². The molecule has 0 radical (unpaired) electrons. The first-order chi connectivity index (χ1) is 4.84. The van der Waals surface area contributed by atoms with E-state index < -0.39 is 0 Å². The molecule has 0 aromatic carbocycles. The predicted octanol–water partition coefficient (Wildman–Crippen LogP) is 2.87. The van der Waals surface area contributed by atoms with Gasteiger partial charge in [0.25, 0.3) is 0 Å². The van der Waals surface area contributed by atoms with Crippen LogP contribution in [0.3, 0.4) is 0 Å². The highest BCUT2D eigenvalue weighted by Gasteiger charge is 1.93. The molecule has 0 aliphatic rings. The molecule has 1 rings (SSSR count). The van der Waals surface area contributed by atoms with Crippen LogP contribution in [0.1, 0.15) is 23.8 Å². The standard InChI is InChI=1S/C8H11NS/c1-3-4-5-8-6-9-10-7(8)2/h4-6H,3H2,1-2H3/b5-4-. The molecule has 0 N–H and O–H groups in total. The van der Waals surface area contributed by atoms with E-state index in [-0.39, 0.29) is 0 Å². The molecule has 1 nitrogen and oxygen atoms in total. The van der Waals surface area contributed by atoms with Crippen molar-refractivity contribution in [3.8, 4) is 0 Å². The van der Waals surface area contributed by atoms with Crippen LogP contribution in [-0.2, 0) is 0 Å². The number of hydrogen-bond donors (Lipinski definition) is 0. The monoisotopic (exact) mass is 153 g/mol. The molecule has 1 aromatic rings. The Balaban J connectivity index is 2.74.